The van der Waals surface area contributed by atoms with Gasteiger partial charge in [-0.15, -0.1) is 0 Å². The third kappa shape index (κ3) is 8.00. The number of carbonyl (C=O) groups excluding carboxylic acids is 4. The van der Waals surface area contributed by atoms with Crippen LogP contribution >= 0.6 is 0 Å². The van der Waals surface area contributed by atoms with Gasteiger partial charge in [-0.25, -0.2) is 13.4 Å². The van der Waals surface area contributed by atoms with Crippen molar-refractivity contribution in [2.75, 3.05) is 78.9 Å². The molecule has 0 bridgehead atoms. The smallest absolute Gasteiger partial charge is 0.255 e. The summed E-state index contributed by atoms with van der Waals surface area (Å²) in [4.78, 5) is 71.6. The molecule has 2 saturated carbocycles. The van der Waals surface area contributed by atoms with Crippen LogP contribution in [0.5, 0.6) is 0 Å². The number of nitrogens with zero attached hydrogens (tertiary/aromatic N) is 8. The average molecular weight is 921 g/mol. The number of aromatic nitrogens is 2. The number of aliphatic hydroxyl groups is 1. The van der Waals surface area contributed by atoms with Crippen molar-refractivity contribution in [3.05, 3.63) is 65.4 Å². The standard InChI is InChI=1S/C48H60N10O7S/c59-37-5-1-4-36(26-37)58-43-40(48(15-16-48)46(58)63)28-49-47(52-43)50-33-13-19-56(20-14-33)66(64,65)38-6-2-3-34(27-38)54-17-11-31(12-18-54)29-53-21-23-55(24-22-53)35-7-8-39-32(25-35)30-57(45(39)62)41-9-10-42(60)51-44(41)61/h2-3,6-8,25,27-28,31,33,36-37,41,59H,1,4-5,9-24,26,29-30H2,(H,49,50,52)(H,51,60,61)/t36-,37-,41?/m1/s1. The van der Waals surface area contributed by atoms with Crippen LogP contribution < -0.4 is 25.3 Å². The maximum atomic E-state index is 14.0. The van der Waals surface area contributed by atoms with Crippen molar-refractivity contribution in [1.29, 1.82) is 0 Å². The van der Waals surface area contributed by atoms with Gasteiger partial charge in [0.05, 0.1) is 16.4 Å². The zero-order valence-corrected chi connectivity index (χ0v) is 38.3. The molecule has 4 amide bonds. The van der Waals surface area contributed by atoms with Crippen molar-refractivity contribution in [3.8, 4) is 0 Å². The highest BCUT2D eigenvalue weighted by Crippen LogP contribution is 2.57. The third-order valence-electron chi connectivity index (χ3n) is 15.9. The zero-order valence-electron chi connectivity index (χ0n) is 37.4. The Labute approximate surface area is 385 Å². The maximum Gasteiger partial charge on any atom is 0.255 e. The van der Waals surface area contributed by atoms with Crippen molar-refractivity contribution in [2.45, 2.75) is 118 Å². The van der Waals surface area contributed by atoms with Gasteiger partial charge < -0.3 is 25.1 Å². The monoisotopic (exact) mass is 920 g/mol. The van der Waals surface area contributed by atoms with Crippen molar-refractivity contribution in [1.82, 2.24) is 29.4 Å². The maximum absolute atomic E-state index is 14.0. The first-order chi connectivity index (χ1) is 31.9. The van der Waals surface area contributed by atoms with Crippen LogP contribution in [0, 0.1) is 5.92 Å². The van der Waals surface area contributed by atoms with Crippen LogP contribution in [-0.4, -0.2) is 144 Å². The van der Waals surface area contributed by atoms with Gasteiger partial charge in [-0.1, -0.05) is 6.07 Å². The lowest BCUT2D eigenvalue weighted by molar-refractivity contribution is -0.137. The van der Waals surface area contributed by atoms with E-state index in [1.807, 2.05) is 35.2 Å². The van der Waals surface area contributed by atoms with E-state index in [1.165, 1.54) is 0 Å². The van der Waals surface area contributed by atoms with E-state index >= 15 is 0 Å². The summed E-state index contributed by atoms with van der Waals surface area (Å²) in [7, 11) is -3.70. The predicted octanol–water partition coefficient (Wildman–Crippen LogP) is 3.22. The molecule has 2 aromatic carbocycles. The highest BCUT2D eigenvalue weighted by Gasteiger charge is 2.61. The van der Waals surface area contributed by atoms with Crippen LogP contribution in [0.15, 0.2) is 53.6 Å². The van der Waals surface area contributed by atoms with Gasteiger partial charge in [0.15, 0.2) is 0 Å². The van der Waals surface area contributed by atoms with E-state index in [-0.39, 0.29) is 36.2 Å². The lowest BCUT2D eigenvalue weighted by atomic mass is 9.92. The quantitative estimate of drug-likeness (QED) is 0.252. The first-order valence-electron chi connectivity index (χ1n) is 24.2. The molecular weight excluding hydrogens is 861 g/mol. The van der Waals surface area contributed by atoms with Gasteiger partial charge in [0.2, 0.25) is 33.7 Å². The van der Waals surface area contributed by atoms with Gasteiger partial charge in [-0.3, -0.25) is 34.3 Å². The molecule has 66 heavy (non-hydrogen) atoms. The summed E-state index contributed by atoms with van der Waals surface area (Å²) in [6.45, 7) is 7.56. The molecular formula is C48H60N10O7S. The predicted molar refractivity (Wildman–Crippen MR) is 247 cm³/mol. The van der Waals surface area contributed by atoms with Crippen LogP contribution in [0.3, 0.4) is 0 Å². The molecule has 2 aliphatic carbocycles. The molecule has 6 fully saturated rings. The highest BCUT2D eigenvalue weighted by atomic mass is 32.2. The van der Waals surface area contributed by atoms with Crippen LogP contribution in [0.2, 0.25) is 0 Å². The average Bonchev–Trinajstić information content (AvgIpc) is 4.02. The van der Waals surface area contributed by atoms with Gasteiger partial charge in [0, 0.05) is 113 Å². The second-order valence-corrected chi connectivity index (χ2v) is 21.9. The Morgan fingerprint density at radius 1 is 0.833 bits per heavy atom. The van der Waals surface area contributed by atoms with E-state index in [9.17, 15) is 32.7 Å². The number of carbonyl (C=O) groups is 4. The minimum atomic E-state index is -3.70. The summed E-state index contributed by atoms with van der Waals surface area (Å²) in [6, 6.07) is 12.7. The van der Waals surface area contributed by atoms with Crippen molar-refractivity contribution in [2.24, 2.45) is 5.92 Å². The number of amides is 4. The second-order valence-electron chi connectivity index (χ2n) is 19.9. The summed E-state index contributed by atoms with van der Waals surface area (Å²) in [6.07, 6.45) is 9.93. The van der Waals surface area contributed by atoms with Gasteiger partial charge in [0.25, 0.3) is 5.91 Å². The van der Waals surface area contributed by atoms with E-state index in [1.54, 1.807) is 21.5 Å². The van der Waals surface area contributed by atoms with Crippen LogP contribution in [0.4, 0.5) is 23.1 Å². The minimum Gasteiger partial charge on any atom is -0.393 e. The molecule has 4 saturated heterocycles. The van der Waals surface area contributed by atoms with E-state index in [0.717, 1.165) is 113 Å². The van der Waals surface area contributed by atoms with Gasteiger partial charge >= 0.3 is 0 Å². The molecule has 1 aromatic heterocycles. The largest absolute Gasteiger partial charge is 0.393 e. The summed E-state index contributed by atoms with van der Waals surface area (Å²) >= 11 is 0. The molecule has 8 aliphatic rings. The van der Waals surface area contributed by atoms with Gasteiger partial charge in [0.1, 0.15) is 11.9 Å². The van der Waals surface area contributed by atoms with Crippen molar-refractivity contribution in [3.63, 3.8) is 0 Å². The molecule has 3 N–H and O–H groups in total. The number of sulfonamides is 1. The molecule has 3 aromatic rings. The number of benzene rings is 2. The molecule has 1 unspecified atom stereocenters. The Kier molecular flexibility index (Phi) is 11.3. The number of hydrogen-bond donors (Lipinski definition) is 3. The normalized spacial score (nSPS) is 26.5. The SMILES string of the molecule is O=C1CCC(N2Cc3cc(N4CCN(CC5CCN(c6cccc(S(=O)(=O)N7CCC(Nc8ncc9c(n8)N([C@@H]8CCC[C@@H](O)C8)C(=O)C98CC8)CC7)c6)CC5)CC4)ccc3C2=O)C(=O)N1. The Bertz CT molecular complexity index is 2530. The minimum absolute atomic E-state index is 0.0117. The summed E-state index contributed by atoms with van der Waals surface area (Å²) in [5, 5.41) is 16.2. The number of aliphatic hydroxyl groups excluding tert-OH is 1. The van der Waals surface area contributed by atoms with Crippen LogP contribution in [-0.2, 0) is 36.4 Å². The van der Waals surface area contributed by atoms with Gasteiger partial charge in [-0.2, -0.15) is 9.29 Å². The first-order valence-corrected chi connectivity index (χ1v) is 25.6. The third-order valence-corrected chi connectivity index (χ3v) is 17.8. The number of imide groups is 1. The number of rotatable bonds is 10. The topological polar surface area (TPSA) is 192 Å². The molecule has 0 radical (unpaired) electrons. The fraction of sp³-hybridized carbons (Fsp3) is 0.583. The molecule has 3 atom stereocenters. The van der Waals surface area contributed by atoms with Crippen molar-refractivity contribution < 1.29 is 32.7 Å². The second kappa shape index (κ2) is 17.2. The number of nitrogens with one attached hydrogen (secondary N) is 2. The van der Waals surface area contributed by atoms with E-state index in [4.69, 9.17) is 4.98 Å². The van der Waals surface area contributed by atoms with Crippen molar-refractivity contribution >= 4 is 56.8 Å². The Morgan fingerprint density at radius 3 is 2.33 bits per heavy atom. The number of piperidine rings is 3. The summed E-state index contributed by atoms with van der Waals surface area (Å²) < 4.78 is 29.6. The van der Waals surface area contributed by atoms with Gasteiger partial charge in [-0.05, 0) is 119 Å². The molecule has 17 nitrogen and oxygen atoms in total. The number of anilines is 4. The number of piperazine rings is 1. The highest BCUT2D eigenvalue weighted by molar-refractivity contribution is 7.89. The fourth-order valence-corrected chi connectivity index (χ4v) is 13.3. The Hall–Kier alpha value is -5.17. The molecule has 6 aliphatic heterocycles. The summed E-state index contributed by atoms with van der Waals surface area (Å²) in [5.41, 5.74) is 3.97. The zero-order chi connectivity index (χ0) is 45.3. The van der Waals surface area contributed by atoms with E-state index in [0.29, 0.717) is 73.5 Å². The fourth-order valence-electron chi connectivity index (χ4n) is 11.8. The van der Waals surface area contributed by atoms with E-state index in [2.05, 4.69) is 36.4 Å². The van der Waals surface area contributed by atoms with E-state index < -0.39 is 33.5 Å². The lowest BCUT2D eigenvalue weighted by Gasteiger charge is -2.40. The molecule has 1 spiro atoms. The Morgan fingerprint density at radius 2 is 1.59 bits per heavy atom. The summed E-state index contributed by atoms with van der Waals surface area (Å²) in [5.74, 6) is 0.945. The lowest BCUT2D eigenvalue weighted by Crippen LogP contribution is -2.52. The number of fused-ring (bicyclic) bond motifs is 3. The molecule has 11 rings (SSSR count). The molecule has 18 heteroatoms. The number of hydrogen-bond acceptors (Lipinski definition) is 13. The Balaban J connectivity index is 0.645. The van der Waals surface area contributed by atoms with Crippen LogP contribution in [0.1, 0.15) is 98.5 Å². The molecule has 7 heterocycles. The first kappa shape index (κ1) is 43.4. The van der Waals surface area contributed by atoms with Crippen LogP contribution in [0.25, 0.3) is 0 Å². The molecule has 350 valence electrons.